The van der Waals surface area contributed by atoms with E-state index in [0.29, 0.717) is 42.5 Å². The lowest BCUT2D eigenvalue weighted by atomic mass is 10.0. The Balaban J connectivity index is 1.47. The molecule has 3 rings (SSSR count). The molecule has 0 radical (unpaired) electrons. The van der Waals surface area contributed by atoms with Crippen LogP contribution in [0.15, 0.2) is 40.8 Å². The zero-order chi connectivity index (χ0) is 21.5. The highest BCUT2D eigenvalue weighted by Gasteiger charge is 2.25. The average molecular weight is 409 g/mol. The van der Waals surface area contributed by atoms with Crippen molar-refractivity contribution in [2.45, 2.75) is 45.8 Å². The number of carbonyl (C=O) groups excluding carboxylic acids is 2. The van der Waals surface area contributed by atoms with Gasteiger partial charge in [-0.1, -0.05) is 26.0 Å². The number of para-hydroxylation sites is 1. The Bertz CT molecular complexity index is 921. The summed E-state index contributed by atoms with van der Waals surface area (Å²) in [5, 5.41) is 12.1. The summed E-state index contributed by atoms with van der Waals surface area (Å²) in [6.45, 7) is 5.52. The molecule has 0 unspecified atom stereocenters. The third-order valence-corrected chi connectivity index (χ3v) is 5.03. The Labute approximate surface area is 176 Å². The molecule has 0 spiro atoms. The first-order valence-electron chi connectivity index (χ1n) is 10.3. The molecule has 0 bridgehead atoms. The van der Waals surface area contributed by atoms with E-state index in [1.807, 2.05) is 18.7 Å². The maximum Gasteiger partial charge on any atom is 0.287 e. The van der Waals surface area contributed by atoms with Crippen LogP contribution in [0.4, 0.5) is 0 Å². The summed E-state index contributed by atoms with van der Waals surface area (Å²) < 4.78 is 11.2. The van der Waals surface area contributed by atoms with Crippen LogP contribution in [0.2, 0.25) is 0 Å². The molecular formula is C23H27N3O4. The maximum atomic E-state index is 12.5. The lowest BCUT2D eigenvalue weighted by Gasteiger charge is -2.32. The van der Waals surface area contributed by atoms with Crippen LogP contribution in [0.25, 0.3) is 0 Å². The van der Waals surface area contributed by atoms with Gasteiger partial charge >= 0.3 is 0 Å². The number of nitrogens with one attached hydrogen (secondary N) is 1. The Morgan fingerprint density at radius 2 is 1.97 bits per heavy atom. The van der Waals surface area contributed by atoms with Crippen LogP contribution in [-0.4, -0.2) is 35.8 Å². The lowest BCUT2D eigenvalue weighted by molar-refractivity contribution is -0.133. The van der Waals surface area contributed by atoms with Gasteiger partial charge in [-0.15, -0.1) is 0 Å². The van der Waals surface area contributed by atoms with Crippen molar-refractivity contribution in [2.75, 3.05) is 13.1 Å². The van der Waals surface area contributed by atoms with Gasteiger partial charge in [-0.3, -0.25) is 9.59 Å². The van der Waals surface area contributed by atoms with Crippen LogP contribution >= 0.6 is 0 Å². The lowest BCUT2D eigenvalue weighted by Crippen LogP contribution is -2.46. The molecule has 2 heterocycles. The van der Waals surface area contributed by atoms with Crippen LogP contribution in [-0.2, 0) is 11.4 Å². The number of hydrogen-bond donors (Lipinski definition) is 1. The first-order valence-corrected chi connectivity index (χ1v) is 10.3. The summed E-state index contributed by atoms with van der Waals surface area (Å²) in [6.07, 6.45) is 2.03. The summed E-state index contributed by atoms with van der Waals surface area (Å²) in [6, 6.07) is 12.4. The van der Waals surface area contributed by atoms with Crippen molar-refractivity contribution in [3.8, 4) is 11.8 Å². The molecule has 7 heteroatoms. The molecule has 2 amide bonds. The molecule has 30 heavy (non-hydrogen) atoms. The van der Waals surface area contributed by atoms with Gasteiger partial charge in [0, 0.05) is 25.6 Å². The van der Waals surface area contributed by atoms with Crippen molar-refractivity contribution >= 4 is 11.8 Å². The Morgan fingerprint density at radius 1 is 1.23 bits per heavy atom. The molecule has 1 aromatic heterocycles. The van der Waals surface area contributed by atoms with Crippen molar-refractivity contribution in [3.05, 3.63) is 53.5 Å². The topological polar surface area (TPSA) is 95.6 Å². The van der Waals surface area contributed by atoms with Crippen molar-refractivity contribution in [1.29, 1.82) is 5.26 Å². The minimum atomic E-state index is -0.273. The van der Waals surface area contributed by atoms with Gasteiger partial charge in [0.2, 0.25) is 5.91 Å². The number of hydrogen-bond acceptors (Lipinski definition) is 5. The third-order valence-electron chi connectivity index (χ3n) is 5.03. The van der Waals surface area contributed by atoms with Crippen LogP contribution in [0.1, 0.15) is 55.0 Å². The van der Waals surface area contributed by atoms with Crippen molar-refractivity contribution in [2.24, 2.45) is 5.92 Å². The standard InChI is InChI=1S/C23H27N3O4/c1-16(2)13-22(27)26-11-9-18(10-12-26)25-23(28)21-8-7-19(30-21)15-29-20-6-4-3-5-17(20)14-24/h3-8,16,18H,9-13,15H2,1-2H3,(H,25,28). The number of likely N-dealkylation sites (tertiary alicyclic amines) is 1. The number of ether oxygens (including phenoxy) is 1. The quantitative estimate of drug-likeness (QED) is 0.755. The molecule has 1 aliphatic rings. The zero-order valence-corrected chi connectivity index (χ0v) is 17.4. The minimum absolute atomic E-state index is 0.0212. The van der Waals surface area contributed by atoms with Crippen molar-refractivity contribution in [3.63, 3.8) is 0 Å². The summed E-state index contributed by atoms with van der Waals surface area (Å²) >= 11 is 0. The van der Waals surface area contributed by atoms with E-state index < -0.39 is 0 Å². The zero-order valence-electron chi connectivity index (χ0n) is 17.4. The van der Waals surface area contributed by atoms with E-state index in [9.17, 15) is 9.59 Å². The molecule has 1 aliphatic heterocycles. The highest BCUT2D eigenvalue weighted by Crippen LogP contribution is 2.19. The highest BCUT2D eigenvalue weighted by atomic mass is 16.5. The molecule has 2 aromatic rings. The predicted molar refractivity (Wildman–Crippen MR) is 111 cm³/mol. The molecule has 0 saturated carbocycles. The summed E-state index contributed by atoms with van der Waals surface area (Å²) in [4.78, 5) is 26.5. The average Bonchev–Trinajstić information content (AvgIpc) is 3.21. The van der Waals surface area contributed by atoms with Crippen LogP contribution in [0.3, 0.4) is 0 Å². The predicted octanol–water partition coefficient (Wildman–Crippen LogP) is 3.50. The molecule has 0 aliphatic carbocycles. The second kappa shape index (κ2) is 9.97. The van der Waals surface area contributed by atoms with E-state index in [1.165, 1.54) is 0 Å². The number of amides is 2. The highest BCUT2D eigenvalue weighted by molar-refractivity contribution is 5.91. The number of carbonyl (C=O) groups is 2. The fraction of sp³-hybridized carbons (Fsp3) is 0.435. The molecule has 1 N–H and O–H groups in total. The number of piperidine rings is 1. The fourth-order valence-corrected chi connectivity index (χ4v) is 3.42. The van der Waals surface area contributed by atoms with E-state index in [1.54, 1.807) is 36.4 Å². The third kappa shape index (κ3) is 5.63. The Kier molecular flexibility index (Phi) is 7.12. The van der Waals surface area contributed by atoms with Gasteiger partial charge in [0.25, 0.3) is 5.91 Å². The number of furan rings is 1. The Hall–Kier alpha value is -3.27. The number of nitriles is 1. The van der Waals surface area contributed by atoms with Crippen molar-refractivity contribution in [1.82, 2.24) is 10.2 Å². The van der Waals surface area contributed by atoms with E-state index in [-0.39, 0.29) is 30.2 Å². The fourth-order valence-electron chi connectivity index (χ4n) is 3.42. The largest absolute Gasteiger partial charge is 0.484 e. The van der Waals surface area contributed by atoms with Gasteiger partial charge in [-0.2, -0.15) is 5.26 Å². The molecule has 1 saturated heterocycles. The van der Waals surface area contributed by atoms with E-state index >= 15 is 0 Å². The van der Waals surface area contributed by atoms with E-state index in [2.05, 4.69) is 11.4 Å². The van der Waals surface area contributed by atoms with Gasteiger partial charge in [0.05, 0.1) is 5.56 Å². The SMILES string of the molecule is CC(C)CC(=O)N1CCC(NC(=O)c2ccc(COc3ccccc3C#N)o2)CC1. The number of rotatable bonds is 7. The summed E-state index contributed by atoms with van der Waals surface area (Å²) in [5.41, 5.74) is 0.445. The number of benzene rings is 1. The molecule has 1 fully saturated rings. The monoisotopic (exact) mass is 409 g/mol. The smallest absolute Gasteiger partial charge is 0.287 e. The summed E-state index contributed by atoms with van der Waals surface area (Å²) in [7, 11) is 0. The van der Waals surface area contributed by atoms with Gasteiger partial charge < -0.3 is 19.4 Å². The molecule has 158 valence electrons. The van der Waals surface area contributed by atoms with Gasteiger partial charge in [-0.05, 0) is 43.0 Å². The molecular weight excluding hydrogens is 382 g/mol. The molecule has 0 atom stereocenters. The van der Waals surface area contributed by atoms with Crippen LogP contribution < -0.4 is 10.1 Å². The Morgan fingerprint density at radius 3 is 2.67 bits per heavy atom. The van der Waals surface area contributed by atoms with E-state index in [0.717, 1.165) is 12.8 Å². The second-order valence-corrected chi connectivity index (χ2v) is 7.89. The van der Waals surface area contributed by atoms with Gasteiger partial charge in [0.15, 0.2) is 5.76 Å². The number of nitrogens with zero attached hydrogens (tertiary/aromatic N) is 2. The van der Waals surface area contributed by atoms with Crippen molar-refractivity contribution < 1.29 is 18.7 Å². The van der Waals surface area contributed by atoms with Gasteiger partial charge in [0.1, 0.15) is 24.2 Å². The molecule has 7 nitrogen and oxygen atoms in total. The van der Waals surface area contributed by atoms with Crippen LogP contribution in [0, 0.1) is 17.2 Å². The van der Waals surface area contributed by atoms with Crippen LogP contribution in [0.5, 0.6) is 5.75 Å². The maximum absolute atomic E-state index is 12.5. The second-order valence-electron chi connectivity index (χ2n) is 7.89. The summed E-state index contributed by atoms with van der Waals surface area (Å²) in [5.74, 6) is 1.46. The van der Waals surface area contributed by atoms with E-state index in [4.69, 9.17) is 14.4 Å². The normalized spacial score (nSPS) is 14.4. The minimum Gasteiger partial charge on any atom is -0.484 e. The molecule has 1 aromatic carbocycles. The first-order chi connectivity index (χ1) is 14.5. The first kappa shape index (κ1) is 21.4. The van der Waals surface area contributed by atoms with Gasteiger partial charge in [-0.25, -0.2) is 0 Å².